The molecule has 0 saturated carbocycles. The summed E-state index contributed by atoms with van der Waals surface area (Å²) in [7, 11) is -4.51. The van der Waals surface area contributed by atoms with Gasteiger partial charge in [0.15, 0.2) is 5.03 Å². The number of aromatic nitrogens is 1. The second kappa shape index (κ2) is 4.31. The molecule has 4 N–H and O–H groups in total. The van der Waals surface area contributed by atoms with Crippen molar-refractivity contribution in [3.8, 4) is 11.9 Å². The molecule has 0 radical (unpaired) electrons. The van der Waals surface area contributed by atoms with Crippen LogP contribution in [0.3, 0.4) is 0 Å². The monoisotopic (exact) mass is 282 g/mol. The molecule has 11 heteroatoms. The zero-order valence-corrected chi connectivity index (χ0v) is 9.21. The minimum atomic E-state index is -5.08. The van der Waals surface area contributed by atoms with Crippen LogP contribution in [0.5, 0.6) is 5.88 Å². The second-order valence-corrected chi connectivity index (χ2v) is 4.41. The van der Waals surface area contributed by atoms with Crippen LogP contribution in [-0.2, 0) is 10.0 Å². The SMILES string of the molecule is N#Cc1c(N)cc(OC(F)(F)F)nc1S(N)(=O)=O. The van der Waals surface area contributed by atoms with Crippen LogP contribution in [0.15, 0.2) is 11.1 Å². The summed E-state index contributed by atoms with van der Waals surface area (Å²) in [6.07, 6.45) is -5.08. The second-order valence-electron chi connectivity index (χ2n) is 2.93. The number of hydrogen-bond acceptors (Lipinski definition) is 6. The van der Waals surface area contributed by atoms with Crippen LogP contribution in [0, 0.1) is 11.3 Å². The summed E-state index contributed by atoms with van der Waals surface area (Å²) in [5, 5.41) is 12.3. The van der Waals surface area contributed by atoms with Crippen molar-refractivity contribution in [3.63, 3.8) is 0 Å². The molecule has 98 valence electrons. The number of nitrogens with two attached hydrogens (primary N) is 2. The van der Waals surface area contributed by atoms with Crippen molar-refractivity contribution >= 4 is 15.7 Å². The molecule has 0 aliphatic heterocycles. The van der Waals surface area contributed by atoms with Gasteiger partial charge in [-0.2, -0.15) is 10.2 Å². The molecule has 1 aromatic rings. The fourth-order valence-corrected chi connectivity index (χ4v) is 1.67. The quantitative estimate of drug-likeness (QED) is 0.789. The summed E-state index contributed by atoms with van der Waals surface area (Å²) in [6, 6.07) is 1.95. The Hall–Kier alpha value is -2.06. The molecule has 0 atom stereocenters. The maximum absolute atomic E-state index is 11.9. The normalized spacial score (nSPS) is 11.9. The molecule has 0 fully saturated rings. The van der Waals surface area contributed by atoms with E-state index in [0.29, 0.717) is 6.07 Å². The van der Waals surface area contributed by atoms with E-state index >= 15 is 0 Å². The third-order valence-electron chi connectivity index (χ3n) is 1.59. The van der Waals surface area contributed by atoms with Gasteiger partial charge in [-0.15, -0.1) is 13.2 Å². The van der Waals surface area contributed by atoms with E-state index in [1.165, 1.54) is 6.07 Å². The first-order valence-corrected chi connectivity index (χ1v) is 5.58. The number of halogens is 3. The van der Waals surface area contributed by atoms with Crippen LogP contribution in [0.1, 0.15) is 5.56 Å². The number of rotatable bonds is 2. The highest BCUT2D eigenvalue weighted by molar-refractivity contribution is 7.89. The van der Waals surface area contributed by atoms with Gasteiger partial charge in [-0.05, 0) is 0 Å². The van der Waals surface area contributed by atoms with E-state index in [-0.39, 0.29) is 0 Å². The lowest BCUT2D eigenvalue weighted by Gasteiger charge is -2.10. The minimum Gasteiger partial charge on any atom is -0.397 e. The Labute approximate surface area is 98.8 Å². The number of pyridine rings is 1. The molecular formula is C7H5F3N4O3S. The Morgan fingerprint density at radius 1 is 1.44 bits per heavy atom. The predicted molar refractivity (Wildman–Crippen MR) is 51.4 cm³/mol. The smallest absolute Gasteiger partial charge is 0.397 e. The van der Waals surface area contributed by atoms with Gasteiger partial charge in [0, 0.05) is 6.07 Å². The topological polar surface area (TPSA) is 132 Å². The largest absolute Gasteiger partial charge is 0.574 e. The van der Waals surface area contributed by atoms with E-state index in [2.05, 4.69) is 9.72 Å². The number of ether oxygens (including phenoxy) is 1. The highest BCUT2D eigenvalue weighted by Crippen LogP contribution is 2.27. The van der Waals surface area contributed by atoms with Crippen LogP contribution in [0.25, 0.3) is 0 Å². The average Bonchev–Trinajstić information content (AvgIpc) is 2.12. The lowest BCUT2D eigenvalue weighted by molar-refractivity contribution is -0.276. The highest BCUT2D eigenvalue weighted by atomic mass is 32.2. The molecule has 0 aliphatic carbocycles. The van der Waals surface area contributed by atoms with Gasteiger partial charge >= 0.3 is 6.36 Å². The first-order valence-electron chi connectivity index (χ1n) is 4.04. The Morgan fingerprint density at radius 3 is 2.39 bits per heavy atom. The fourth-order valence-electron chi connectivity index (χ4n) is 1.01. The number of alkyl halides is 3. The number of primary sulfonamides is 1. The molecule has 0 saturated heterocycles. The molecule has 7 nitrogen and oxygen atoms in total. The van der Waals surface area contributed by atoms with Crippen molar-refractivity contribution in [2.45, 2.75) is 11.4 Å². The summed E-state index contributed by atoms with van der Waals surface area (Å²) in [6.45, 7) is 0. The van der Waals surface area contributed by atoms with E-state index in [4.69, 9.17) is 16.1 Å². The Morgan fingerprint density at radius 2 is 2.00 bits per heavy atom. The first kappa shape index (κ1) is 14.0. The molecule has 18 heavy (non-hydrogen) atoms. The Kier molecular flexibility index (Phi) is 3.36. The van der Waals surface area contributed by atoms with Gasteiger partial charge in [-0.1, -0.05) is 0 Å². The standard InChI is InChI=1S/C7H5F3N4O3S/c8-7(9,10)17-5-1-4(12)3(2-11)6(14-5)18(13,15)16/h1H,(H2,12,14)(H2,13,15,16). The van der Waals surface area contributed by atoms with Gasteiger partial charge in [-0.3, -0.25) is 0 Å². The van der Waals surface area contributed by atoms with E-state index in [0.717, 1.165) is 0 Å². The van der Waals surface area contributed by atoms with Crippen molar-refractivity contribution in [2.75, 3.05) is 5.73 Å². The lowest BCUT2D eigenvalue weighted by Crippen LogP contribution is -2.21. The maximum Gasteiger partial charge on any atom is 0.574 e. The van der Waals surface area contributed by atoms with Crippen LogP contribution >= 0.6 is 0 Å². The molecule has 1 aromatic heterocycles. The fraction of sp³-hybridized carbons (Fsp3) is 0.143. The molecule has 1 rings (SSSR count). The minimum absolute atomic E-state index is 0.546. The predicted octanol–water partition coefficient (Wildman–Crippen LogP) is 0.0815. The van der Waals surface area contributed by atoms with E-state index in [1.54, 1.807) is 0 Å². The van der Waals surface area contributed by atoms with E-state index < -0.39 is 38.5 Å². The molecule has 0 aliphatic rings. The molecule has 0 amide bonds. The van der Waals surface area contributed by atoms with E-state index in [1.807, 2.05) is 0 Å². The number of anilines is 1. The lowest BCUT2D eigenvalue weighted by atomic mass is 10.2. The summed E-state index contributed by atoms with van der Waals surface area (Å²) < 4.78 is 61.3. The molecule has 0 bridgehead atoms. The number of nitriles is 1. The molecule has 0 spiro atoms. The molecule has 0 unspecified atom stereocenters. The van der Waals surface area contributed by atoms with Gasteiger partial charge < -0.3 is 10.5 Å². The van der Waals surface area contributed by atoms with Crippen molar-refractivity contribution in [3.05, 3.63) is 11.6 Å². The number of hydrogen-bond donors (Lipinski definition) is 2. The van der Waals surface area contributed by atoms with Crippen LogP contribution in [0.4, 0.5) is 18.9 Å². The Bertz CT molecular complexity index is 620. The third kappa shape index (κ3) is 3.22. The summed E-state index contributed by atoms with van der Waals surface area (Å²) in [4.78, 5) is 3.00. The summed E-state index contributed by atoms with van der Waals surface area (Å²) >= 11 is 0. The van der Waals surface area contributed by atoms with Gasteiger partial charge in [0.05, 0.1) is 5.69 Å². The van der Waals surface area contributed by atoms with Crippen LogP contribution in [0.2, 0.25) is 0 Å². The third-order valence-corrected chi connectivity index (χ3v) is 2.43. The van der Waals surface area contributed by atoms with E-state index in [9.17, 15) is 21.6 Å². The molecule has 1 heterocycles. The van der Waals surface area contributed by atoms with Crippen molar-refractivity contribution in [1.82, 2.24) is 4.98 Å². The zero-order chi connectivity index (χ0) is 14.1. The summed E-state index contributed by atoms with van der Waals surface area (Å²) in [5.74, 6) is -1.12. The van der Waals surface area contributed by atoms with Crippen LogP contribution < -0.4 is 15.6 Å². The highest BCUT2D eigenvalue weighted by Gasteiger charge is 2.33. The summed E-state index contributed by atoms with van der Waals surface area (Å²) in [5.41, 5.74) is 4.03. The first-order chi connectivity index (χ1) is 8.04. The maximum atomic E-state index is 11.9. The van der Waals surface area contributed by atoms with Gasteiger partial charge in [0.25, 0.3) is 10.0 Å². The number of nitrogens with zero attached hydrogens (tertiary/aromatic N) is 2. The van der Waals surface area contributed by atoms with Crippen LogP contribution in [-0.4, -0.2) is 19.8 Å². The van der Waals surface area contributed by atoms with Gasteiger partial charge in [0.1, 0.15) is 11.6 Å². The Balaban J connectivity index is 3.47. The average molecular weight is 282 g/mol. The molecular weight excluding hydrogens is 277 g/mol. The van der Waals surface area contributed by atoms with Crippen molar-refractivity contribution in [1.29, 1.82) is 5.26 Å². The van der Waals surface area contributed by atoms with Gasteiger partial charge in [0.2, 0.25) is 5.88 Å². The van der Waals surface area contributed by atoms with Gasteiger partial charge in [-0.25, -0.2) is 13.6 Å². The number of nitrogen functional groups attached to an aromatic ring is 1. The molecule has 0 aromatic carbocycles. The number of sulfonamides is 1. The zero-order valence-electron chi connectivity index (χ0n) is 8.39. The van der Waals surface area contributed by atoms with Crippen molar-refractivity contribution < 1.29 is 26.3 Å². The van der Waals surface area contributed by atoms with Crippen molar-refractivity contribution in [2.24, 2.45) is 5.14 Å².